The van der Waals surface area contributed by atoms with Crippen LogP contribution in [0.4, 0.5) is 0 Å². The van der Waals surface area contributed by atoms with Gasteiger partial charge in [0.2, 0.25) is 0 Å². The van der Waals surface area contributed by atoms with E-state index in [4.69, 9.17) is 15.6 Å². The summed E-state index contributed by atoms with van der Waals surface area (Å²) in [4.78, 5) is 39.4. The van der Waals surface area contributed by atoms with Gasteiger partial charge in [-0.25, -0.2) is 0 Å². The van der Waals surface area contributed by atoms with Crippen LogP contribution in [0.25, 0.3) is 33.1 Å². The van der Waals surface area contributed by atoms with E-state index in [9.17, 15) is 14.4 Å². The number of esters is 1. The Bertz CT molecular complexity index is 1310. The minimum Gasteiger partial charge on any atom is -0.484 e. The number of aliphatic hydroxyl groups is 1. The molecule has 0 fully saturated rings. The van der Waals surface area contributed by atoms with E-state index in [2.05, 4.69) is 14.7 Å². The molecule has 0 unspecified atom stereocenters. The lowest BCUT2D eigenvalue weighted by molar-refractivity contribution is -0.141. The van der Waals surface area contributed by atoms with Gasteiger partial charge in [-0.2, -0.15) is 0 Å². The van der Waals surface area contributed by atoms with Gasteiger partial charge in [-0.1, -0.05) is 18.2 Å². The number of fused-ring (bicyclic) bond motifs is 2. The van der Waals surface area contributed by atoms with Gasteiger partial charge < -0.3 is 30.3 Å². The number of hydrogen-bond acceptors (Lipinski definition) is 6. The summed E-state index contributed by atoms with van der Waals surface area (Å²) in [6.07, 6.45) is 0.0938. The van der Waals surface area contributed by atoms with Gasteiger partial charge in [0.1, 0.15) is 5.75 Å². The van der Waals surface area contributed by atoms with Crippen molar-refractivity contribution in [1.82, 2.24) is 9.97 Å². The Morgan fingerprint density at radius 3 is 2.44 bits per heavy atom. The van der Waals surface area contributed by atoms with Gasteiger partial charge in [-0.3, -0.25) is 14.4 Å². The lowest BCUT2D eigenvalue weighted by atomic mass is 10.1. The molecular formula is C23H23N3O6. The summed E-state index contributed by atoms with van der Waals surface area (Å²) in [7, 11) is 1.29. The second kappa shape index (κ2) is 10.3. The third kappa shape index (κ3) is 5.52. The number of primary amides is 1. The summed E-state index contributed by atoms with van der Waals surface area (Å²) in [5.41, 5.74) is 7.88. The van der Waals surface area contributed by atoms with E-state index in [0.29, 0.717) is 17.0 Å². The number of nitrogens with one attached hydrogen (secondary N) is 2. The van der Waals surface area contributed by atoms with Gasteiger partial charge in [-0.15, -0.1) is 0 Å². The van der Waals surface area contributed by atoms with Gasteiger partial charge >= 0.3 is 5.97 Å². The minimum atomic E-state index is -0.530. The van der Waals surface area contributed by atoms with Gasteiger partial charge in [0, 0.05) is 16.4 Å². The van der Waals surface area contributed by atoms with E-state index in [1.54, 1.807) is 12.1 Å². The molecule has 4 rings (SSSR count). The smallest absolute Gasteiger partial charge is 0.307 e. The van der Waals surface area contributed by atoms with Crippen molar-refractivity contribution in [3.63, 3.8) is 0 Å². The van der Waals surface area contributed by atoms with E-state index in [-0.39, 0.29) is 31.2 Å². The Kier molecular flexibility index (Phi) is 7.25. The maximum atomic E-state index is 12.4. The monoisotopic (exact) mass is 437 g/mol. The molecular weight excluding hydrogens is 414 g/mol. The van der Waals surface area contributed by atoms with Crippen LogP contribution in [-0.4, -0.2) is 47.3 Å². The molecule has 0 aliphatic heterocycles. The molecule has 0 aliphatic rings. The number of benzene rings is 2. The van der Waals surface area contributed by atoms with Crippen LogP contribution in [0.5, 0.6) is 5.75 Å². The van der Waals surface area contributed by atoms with E-state index in [1.807, 2.05) is 42.5 Å². The van der Waals surface area contributed by atoms with E-state index in [0.717, 1.165) is 21.8 Å². The molecule has 2 aromatic carbocycles. The SMILES string of the molecule is COC(=O)CCO.NC(=O)COc1ccc2[nH]c(-c3cc4ccccc4[nH]c3=O)cc2c1. The molecule has 9 nitrogen and oxygen atoms in total. The number of nitrogens with two attached hydrogens (primary N) is 1. The zero-order valence-corrected chi connectivity index (χ0v) is 17.4. The molecule has 5 N–H and O–H groups in total. The number of carbonyl (C=O) groups is 2. The van der Waals surface area contributed by atoms with Gasteiger partial charge in [-0.05, 0) is 41.8 Å². The Morgan fingerprint density at radius 2 is 1.75 bits per heavy atom. The number of carbonyl (C=O) groups excluding carboxylic acids is 2. The van der Waals surface area contributed by atoms with E-state index in [1.165, 1.54) is 7.11 Å². The molecule has 0 radical (unpaired) electrons. The number of aromatic nitrogens is 2. The van der Waals surface area contributed by atoms with Crippen LogP contribution >= 0.6 is 0 Å². The average Bonchev–Trinajstić information content (AvgIpc) is 3.21. The van der Waals surface area contributed by atoms with E-state index >= 15 is 0 Å². The fraction of sp³-hybridized carbons (Fsp3) is 0.174. The molecule has 4 aromatic rings. The van der Waals surface area contributed by atoms with Crippen LogP contribution in [0.3, 0.4) is 0 Å². The number of para-hydroxylation sites is 1. The number of pyridine rings is 1. The Labute approximate surface area is 182 Å². The number of methoxy groups -OCH3 is 1. The lowest BCUT2D eigenvalue weighted by Gasteiger charge is -2.02. The molecule has 166 valence electrons. The molecule has 32 heavy (non-hydrogen) atoms. The van der Waals surface area contributed by atoms with Crippen molar-refractivity contribution in [2.75, 3.05) is 20.3 Å². The molecule has 0 bridgehead atoms. The van der Waals surface area contributed by atoms with Crippen molar-refractivity contribution in [3.05, 3.63) is 65.0 Å². The second-order valence-corrected chi connectivity index (χ2v) is 6.84. The first-order valence-corrected chi connectivity index (χ1v) is 9.75. The maximum Gasteiger partial charge on any atom is 0.307 e. The molecule has 0 spiro atoms. The molecule has 0 saturated carbocycles. The van der Waals surface area contributed by atoms with Crippen LogP contribution in [0.2, 0.25) is 0 Å². The first kappa shape index (κ1) is 22.6. The van der Waals surface area contributed by atoms with Crippen LogP contribution in [0, 0.1) is 0 Å². The highest BCUT2D eigenvalue weighted by atomic mass is 16.5. The normalized spacial score (nSPS) is 10.4. The number of rotatable bonds is 6. The fourth-order valence-electron chi connectivity index (χ4n) is 3.04. The lowest BCUT2D eigenvalue weighted by Crippen LogP contribution is -2.19. The average molecular weight is 437 g/mol. The third-order valence-corrected chi connectivity index (χ3v) is 4.56. The summed E-state index contributed by atoms with van der Waals surface area (Å²) < 4.78 is 9.51. The second-order valence-electron chi connectivity index (χ2n) is 6.84. The molecule has 2 heterocycles. The molecule has 0 atom stereocenters. The van der Waals surface area contributed by atoms with Crippen LogP contribution in [0.1, 0.15) is 6.42 Å². The van der Waals surface area contributed by atoms with Crippen molar-refractivity contribution in [3.8, 4) is 17.0 Å². The summed E-state index contributed by atoms with van der Waals surface area (Å²) in [6.45, 7) is -0.306. The summed E-state index contributed by atoms with van der Waals surface area (Å²) in [6, 6.07) is 16.8. The van der Waals surface area contributed by atoms with Crippen LogP contribution in [0.15, 0.2) is 59.4 Å². The third-order valence-electron chi connectivity index (χ3n) is 4.56. The first-order valence-electron chi connectivity index (χ1n) is 9.75. The molecule has 2 aromatic heterocycles. The Morgan fingerprint density at radius 1 is 1.00 bits per heavy atom. The number of amides is 1. The molecule has 0 aliphatic carbocycles. The highest BCUT2D eigenvalue weighted by molar-refractivity contribution is 5.89. The highest BCUT2D eigenvalue weighted by Gasteiger charge is 2.10. The topological polar surface area (TPSA) is 148 Å². The predicted octanol–water partition coefficient (Wildman–Crippen LogP) is 2.08. The molecule has 0 saturated heterocycles. The number of aliphatic hydroxyl groups excluding tert-OH is 1. The van der Waals surface area contributed by atoms with Gasteiger partial charge in [0.25, 0.3) is 11.5 Å². The maximum absolute atomic E-state index is 12.4. The quantitative estimate of drug-likeness (QED) is 0.340. The summed E-state index contributed by atoms with van der Waals surface area (Å²) in [5.74, 6) is -0.357. The van der Waals surface area contributed by atoms with Gasteiger partial charge in [0.15, 0.2) is 6.61 Å². The standard InChI is InChI=1S/C19H15N3O3.C4H8O3/c20-18(23)10-25-13-5-6-16-12(7-13)9-17(21-16)14-8-11-3-1-2-4-15(11)22-19(14)24;1-7-4(6)2-3-5/h1-9,21H,10H2,(H2,20,23)(H,22,24);5H,2-3H2,1H3. The van der Waals surface area contributed by atoms with Crippen LogP contribution in [-0.2, 0) is 14.3 Å². The highest BCUT2D eigenvalue weighted by Crippen LogP contribution is 2.26. The first-order chi connectivity index (χ1) is 15.4. The van der Waals surface area contributed by atoms with Gasteiger partial charge in [0.05, 0.1) is 31.4 Å². The fourth-order valence-corrected chi connectivity index (χ4v) is 3.04. The Balaban J connectivity index is 0.000000360. The van der Waals surface area contributed by atoms with Crippen molar-refractivity contribution in [2.45, 2.75) is 6.42 Å². The van der Waals surface area contributed by atoms with Crippen LogP contribution < -0.4 is 16.0 Å². The summed E-state index contributed by atoms with van der Waals surface area (Å²) in [5, 5.41) is 9.91. The van der Waals surface area contributed by atoms with Crippen molar-refractivity contribution in [2.24, 2.45) is 5.73 Å². The number of hydrogen-bond donors (Lipinski definition) is 4. The van der Waals surface area contributed by atoms with Crippen molar-refractivity contribution in [1.29, 1.82) is 0 Å². The van der Waals surface area contributed by atoms with Crippen molar-refractivity contribution >= 4 is 33.7 Å². The number of aromatic amines is 2. The minimum absolute atomic E-state index is 0.0938. The number of ether oxygens (including phenoxy) is 2. The predicted molar refractivity (Wildman–Crippen MR) is 120 cm³/mol. The Hall–Kier alpha value is -4.11. The largest absolute Gasteiger partial charge is 0.484 e. The molecule has 1 amide bonds. The molecule has 9 heteroatoms. The van der Waals surface area contributed by atoms with Crippen molar-refractivity contribution < 1.29 is 24.2 Å². The van der Waals surface area contributed by atoms with E-state index < -0.39 is 5.91 Å². The number of H-pyrrole nitrogens is 2. The zero-order chi connectivity index (χ0) is 23.1. The summed E-state index contributed by atoms with van der Waals surface area (Å²) >= 11 is 0. The zero-order valence-electron chi connectivity index (χ0n) is 17.4.